The first-order valence-corrected chi connectivity index (χ1v) is 11.0. The van der Waals surface area contributed by atoms with Crippen molar-refractivity contribution < 1.29 is 9.59 Å². The normalized spacial score (nSPS) is 17.6. The molecule has 0 spiro atoms. The van der Waals surface area contributed by atoms with Crippen molar-refractivity contribution in [1.82, 2.24) is 5.32 Å². The smallest absolute Gasteiger partial charge is 0.254 e. The van der Waals surface area contributed by atoms with Gasteiger partial charge < -0.3 is 10.2 Å². The van der Waals surface area contributed by atoms with E-state index < -0.39 is 6.04 Å². The first-order valence-electron chi connectivity index (χ1n) is 11.0. The molecule has 4 heteroatoms. The summed E-state index contributed by atoms with van der Waals surface area (Å²) in [4.78, 5) is 28.2. The van der Waals surface area contributed by atoms with E-state index >= 15 is 0 Å². The first-order chi connectivity index (χ1) is 14.2. The predicted molar refractivity (Wildman–Crippen MR) is 116 cm³/mol. The number of amides is 2. The Morgan fingerprint density at radius 3 is 2.48 bits per heavy atom. The van der Waals surface area contributed by atoms with Gasteiger partial charge in [-0.25, -0.2) is 0 Å². The van der Waals surface area contributed by atoms with Crippen molar-refractivity contribution in [2.75, 3.05) is 11.4 Å². The highest BCUT2D eigenvalue weighted by Crippen LogP contribution is 2.30. The molecule has 1 saturated carbocycles. The van der Waals surface area contributed by atoms with Gasteiger partial charge in [0.15, 0.2) is 0 Å². The van der Waals surface area contributed by atoms with E-state index in [1.807, 2.05) is 53.4 Å². The zero-order chi connectivity index (χ0) is 20.1. The minimum absolute atomic E-state index is 0.0237. The molecular formula is C25H30N2O2. The van der Waals surface area contributed by atoms with E-state index in [-0.39, 0.29) is 11.8 Å². The molecule has 1 aliphatic carbocycles. The fraction of sp³-hybridized carbons (Fsp3) is 0.440. The van der Waals surface area contributed by atoms with Crippen LogP contribution in [0.25, 0.3) is 0 Å². The van der Waals surface area contributed by atoms with Crippen molar-refractivity contribution in [1.29, 1.82) is 0 Å². The Morgan fingerprint density at radius 2 is 1.69 bits per heavy atom. The van der Waals surface area contributed by atoms with Gasteiger partial charge in [-0.2, -0.15) is 0 Å². The Balaban J connectivity index is 1.51. The summed E-state index contributed by atoms with van der Waals surface area (Å²) >= 11 is 0. The van der Waals surface area contributed by atoms with Crippen LogP contribution in [0.15, 0.2) is 54.6 Å². The number of hydrogen-bond acceptors (Lipinski definition) is 2. The number of hydrogen-bond donors (Lipinski definition) is 1. The molecule has 2 aromatic rings. The predicted octanol–water partition coefficient (Wildman–Crippen LogP) is 4.79. The van der Waals surface area contributed by atoms with E-state index in [0.717, 1.165) is 30.5 Å². The van der Waals surface area contributed by atoms with Crippen LogP contribution in [0.5, 0.6) is 0 Å². The molecule has 2 amide bonds. The summed E-state index contributed by atoms with van der Waals surface area (Å²) < 4.78 is 0. The topological polar surface area (TPSA) is 49.4 Å². The fourth-order valence-electron chi connectivity index (χ4n) is 4.72. The number of fused-ring (bicyclic) bond motifs is 1. The maximum absolute atomic E-state index is 13.6. The van der Waals surface area contributed by atoms with E-state index in [4.69, 9.17) is 0 Å². The van der Waals surface area contributed by atoms with Gasteiger partial charge in [-0.1, -0.05) is 74.2 Å². The molecule has 0 saturated heterocycles. The Morgan fingerprint density at radius 1 is 0.966 bits per heavy atom. The van der Waals surface area contributed by atoms with Crippen molar-refractivity contribution in [3.8, 4) is 0 Å². The van der Waals surface area contributed by atoms with Crippen LogP contribution in [0.1, 0.15) is 62.1 Å². The van der Waals surface area contributed by atoms with Crippen molar-refractivity contribution in [2.45, 2.75) is 57.4 Å². The Labute approximate surface area is 173 Å². The van der Waals surface area contributed by atoms with Crippen LogP contribution in [-0.2, 0) is 16.0 Å². The lowest BCUT2D eigenvalue weighted by Crippen LogP contribution is -2.45. The van der Waals surface area contributed by atoms with E-state index in [1.165, 1.54) is 31.2 Å². The third kappa shape index (κ3) is 4.69. The van der Waals surface area contributed by atoms with E-state index in [2.05, 4.69) is 11.4 Å². The zero-order valence-electron chi connectivity index (χ0n) is 17.0. The number of nitrogens with one attached hydrogen (secondary N) is 1. The summed E-state index contributed by atoms with van der Waals surface area (Å²) in [7, 11) is 0. The van der Waals surface area contributed by atoms with E-state index in [9.17, 15) is 9.59 Å². The molecule has 1 fully saturated rings. The molecule has 4 rings (SSSR count). The lowest BCUT2D eigenvalue weighted by Gasteiger charge is -2.33. The monoisotopic (exact) mass is 390 g/mol. The molecule has 2 aromatic carbocycles. The van der Waals surface area contributed by atoms with Crippen LogP contribution in [0.2, 0.25) is 0 Å². The van der Waals surface area contributed by atoms with Gasteiger partial charge in [-0.05, 0) is 42.4 Å². The molecule has 152 valence electrons. The number of carbonyl (C=O) groups is 2. The molecule has 0 radical (unpaired) electrons. The first kappa shape index (κ1) is 19.7. The van der Waals surface area contributed by atoms with Crippen LogP contribution in [0.4, 0.5) is 5.69 Å². The summed E-state index contributed by atoms with van der Waals surface area (Å²) in [6.45, 7) is 0.692. The van der Waals surface area contributed by atoms with Crippen LogP contribution in [0, 0.1) is 5.92 Å². The summed E-state index contributed by atoms with van der Waals surface area (Å²) in [5, 5.41) is 3.06. The Hall–Kier alpha value is -2.62. The van der Waals surface area contributed by atoms with Crippen molar-refractivity contribution in [3.05, 3.63) is 65.7 Å². The highest BCUT2D eigenvalue weighted by molar-refractivity contribution is 6.00. The van der Waals surface area contributed by atoms with Gasteiger partial charge in [-0.15, -0.1) is 0 Å². The SMILES string of the molecule is O=C(CCC1CCCC1)NC(C(=O)N1CCCc2ccccc21)c1ccccc1. The van der Waals surface area contributed by atoms with E-state index in [0.29, 0.717) is 18.9 Å². The molecule has 2 aliphatic rings. The molecule has 1 aliphatic heterocycles. The summed E-state index contributed by atoms with van der Waals surface area (Å²) in [5.74, 6) is 0.600. The molecule has 0 aromatic heterocycles. The average Bonchev–Trinajstić information content (AvgIpc) is 3.29. The highest BCUT2D eigenvalue weighted by Gasteiger charge is 2.31. The zero-order valence-corrected chi connectivity index (χ0v) is 17.0. The van der Waals surface area contributed by atoms with Crippen LogP contribution < -0.4 is 10.2 Å². The number of aryl methyl sites for hydroxylation is 1. The average molecular weight is 391 g/mol. The minimum atomic E-state index is -0.640. The van der Waals surface area contributed by atoms with Crippen LogP contribution >= 0.6 is 0 Å². The lowest BCUT2D eigenvalue weighted by molar-refractivity contribution is -0.128. The maximum atomic E-state index is 13.6. The standard InChI is InChI=1S/C25H30N2O2/c28-23(17-16-19-9-4-5-10-19)26-24(21-12-2-1-3-13-21)25(29)27-18-8-14-20-11-6-7-15-22(20)27/h1-3,6-7,11-13,15,19,24H,4-5,8-10,14,16-18H2,(H,26,28). The quantitative estimate of drug-likeness (QED) is 0.771. The number of nitrogens with zero attached hydrogens (tertiary/aromatic N) is 1. The second kappa shape index (κ2) is 9.25. The third-order valence-electron chi connectivity index (χ3n) is 6.32. The van der Waals surface area contributed by atoms with Gasteiger partial charge >= 0.3 is 0 Å². The number of benzene rings is 2. The number of para-hydroxylation sites is 1. The maximum Gasteiger partial charge on any atom is 0.254 e. The van der Waals surface area contributed by atoms with Crippen molar-refractivity contribution >= 4 is 17.5 Å². The second-order valence-electron chi connectivity index (χ2n) is 8.32. The van der Waals surface area contributed by atoms with Crippen molar-refractivity contribution in [2.24, 2.45) is 5.92 Å². The summed E-state index contributed by atoms with van der Waals surface area (Å²) in [6.07, 6.45) is 8.39. The molecule has 1 unspecified atom stereocenters. The summed E-state index contributed by atoms with van der Waals surface area (Å²) in [6, 6.07) is 17.1. The molecule has 0 bridgehead atoms. The van der Waals surface area contributed by atoms with Gasteiger partial charge in [-0.3, -0.25) is 9.59 Å². The number of anilines is 1. The van der Waals surface area contributed by atoms with Gasteiger partial charge in [0.25, 0.3) is 5.91 Å². The lowest BCUT2D eigenvalue weighted by atomic mass is 9.98. The Bertz CT molecular complexity index is 843. The molecule has 1 heterocycles. The summed E-state index contributed by atoms with van der Waals surface area (Å²) in [5.41, 5.74) is 3.02. The second-order valence-corrected chi connectivity index (χ2v) is 8.32. The van der Waals surface area contributed by atoms with Crippen LogP contribution in [0.3, 0.4) is 0 Å². The molecule has 1 N–H and O–H groups in total. The highest BCUT2D eigenvalue weighted by atomic mass is 16.2. The minimum Gasteiger partial charge on any atom is -0.341 e. The van der Waals surface area contributed by atoms with Crippen LogP contribution in [-0.4, -0.2) is 18.4 Å². The molecule has 1 atom stereocenters. The van der Waals surface area contributed by atoms with E-state index in [1.54, 1.807) is 0 Å². The third-order valence-corrected chi connectivity index (χ3v) is 6.32. The molecule has 4 nitrogen and oxygen atoms in total. The molecular weight excluding hydrogens is 360 g/mol. The Kier molecular flexibility index (Phi) is 6.28. The fourth-order valence-corrected chi connectivity index (χ4v) is 4.72. The van der Waals surface area contributed by atoms with Gasteiger partial charge in [0.2, 0.25) is 5.91 Å². The number of carbonyl (C=O) groups excluding carboxylic acids is 2. The molecule has 29 heavy (non-hydrogen) atoms. The van der Waals surface area contributed by atoms with Gasteiger partial charge in [0.05, 0.1) is 0 Å². The van der Waals surface area contributed by atoms with Crippen molar-refractivity contribution in [3.63, 3.8) is 0 Å². The largest absolute Gasteiger partial charge is 0.341 e. The van der Waals surface area contributed by atoms with Gasteiger partial charge in [0.1, 0.15) is 6.04 Å². The number of rotatable bonds is 6. The van der Waals surface area contributed by atoms with Gasteiger partial charge in [0, 0.05) is 18.7 Å².